The number of carbonyl (C=O) groups excluding carboxylic acids is 1. The van der Waals surface area contributed by atoms with Crippen LogP contribution in [-0.4, -0.2) is 20.5 Å². The molecular weight excluding hydrogens is 448 g/mol. The van der Waals surface area contributed by atoms with E-state index >= 15 is 0 Å². The lowest BCUT2D eigenvalue weighted by atomic mass is 10.2. The van der Waals surface area contributed by atoms with Gasteiger partial charge in [0.15, 0.2) is 0 Å². The molecule has 7 nitrogen and oxygen atoms in total. The van der Waals surface area contributed by atoms with Crippen LogP contribution in [0.3, 0.4) is 0 Å². The molecule has 1 N–H and O–H groups in total. The molecule has 2 aromatic heterocycles. The summed E-state index contributed by atoms with van der Waals surface area (Å²) in [6.07, 6.45) is 2.93. The molecule has 0 aliphatic rings. The largest absolute Gasteiger partial charge is 0.487 e. The fourth-order valence-electron chi connectivity index (χ4n) is 3.02. The lowest BCUT2D eigenvalue weighted by Crippen LogP contribution is -2.16. The van der Waals surface area contributed by atoms with Gasteiger partial charge < -0.3 is 10.1 Å². The molecule has 0 fully saturated rings. The number of hydrogen-bond acceptors (Lipinski definition) is 6. The number of nitrogens with zero attached hydrogens (tertiary/aromatic N) is 3. The maximum atomic E-state index is 12.4. The third-order valence-electron chi connectivity index (χ3n) is 4.67. The first-order valence-corrected chi connectivity index (χ1v) is 11.4. The van der Waals surface area contributed by atoms with Gasteiger partial charge in [-0.25, -0.2) is 4.98 Å². The highest BCUT2D eigenvalue weighted by molar-refractivity contribution is 7.16. The van der Waals surface area contributed by atoms with Gasteiger partial charge >= 0.3 is 0 Å². The van der Waals surface area contributed by atoms with E-state index < -0.39 is 0 Å². The second-order valence-corrected chi connectivity index (χ2v) is 8.63. The molecule has 4 rings (SSSR count). The lowest BCUT2D eigenvalue weighted by Gasteiger charge is -2.09. The maximum absolute atomic E-state index is 12.4. The SMILES string of the molecule is CCCCc1nn2c(=O)cc(COc3cccc(NC(=O)c4ccc(Cl)cc4)c3)nc2s1. The standard InChI is InChI=1S/C23H21ClN4O3S/c1-2-3-7-20-27-28-21(29)13-18(26-23(28)32-20)14-31-19-6-4-5-17(12-19)25-22(30)15-8-10-16(24)11-9-15/h4-6,8-13H,2-3,7,14H2,1H3,(H,25,30). The molecule has 0 atom stereocenters. The Kier molecular flexibility index (Phi) is 6.82. The predicted octanol–water partition coefficient (Wildman–Crippen LogP) is 4.98. The number of benzene rings is 2. The molecule has 2 aromatic carbocycles. The van der Waals surface area contributed by atoms with Crippen LogP contribution in [0.2, 0.25) is 5.02 Å². The van der Waals surface area contributed by atoms with Gasteiger partial charge in [0.05, 0.1) is 5.69 Å². The van der Waals surface area contributed by atoms with Gasteiger partial charge in [-0.2, -0.15) is 9.61 Å². The van der Waals surface area contributed by atoms with Crippen LogP contribution in [-0.2, 0) is 13.0 Å². The Labute approximate surface area is 193 Å². The quantitative estimate of drug-likeness (QED) is 0.394. The van der Waals surface area contributed by atoms with Crippen molar-refractivity contribution in [3.05, 3.63) is 86.2 Å². The third-order valence-corrected chi connectivity index (χ3v) is 5.89. The Bertz CT molecular complexity index is 1300. The Hall–Kier alpha value is -3.23. The number of halogens is 1. The number of hydrogen-bond donors (Lipinski definition) is 1. The van der Waals surface area contributed by atoms with E-state index in [0.717, 1.165) is 24.3 Å². The Morgan fingerprint density at radius 2 is 2.00 bits per heavy atom. The average molecular weight is 469 g/mol. The van der Waals surface area contributed by atoms with Crippen LogP contribution in [0.25, 0.3) is 4.96 Å². The highest BCUT2D eigenvalue weighted by atomic mass is 35.5. The van der Waals surface area contributed by atoms with Gasteiger partial charge in [-0.05, 0) is 42.8 Å². The molecule has 0 bridgehead atoms. The molecule has 0 spiro atoms. The van der Waals surface area contributed by atoms with E-state index in [9.17, 15) is 9.59 Å². The number of carbonyl (C=O) groups is 1. The summed E-state index contributed by atoms with van der Waals surface area (Å²) >= 11 is 7.29. The van der Waals surface area contributed by atoms with Crippen molar-refractivity contribution < 1.29 is 9.53 Å². The van der Waals surface area contributed by atoms with Crippen molar-refractivity contribution in [2.24, 2.45) is 0 Å². The average Bonchev–Trinajstić information content (AvgIpc) is 3.20. The Balaban J connectivity index is 1.43. The van der Waals surface area contributed by atoms with Crippen molar-refractivity contribution in [1.29, 1.82) is 0 Å². The highest BCUT2D eigenvalue weighted by Crippen LogP contribution is 2.20. The van der Waals surface area contributed by atoms with E-state index in [4.69, 9.17) is 16.3 Å². The number of aromatic nitrogens is 3. The molecule has 0 radical (unpaired) electrons. The molecule has 0 saturated heterocycles. The normalized spacial score (nSPS) is 10.9. The van der Waals surface area contributed by atoms with Gasteiger partial charge in [0.2, 0.25) is 4.96 Å². The van der Waals surface area contributed by atoms with E-state index in [1.165, 1.54) is 21.9 Å². The van der Waals surface area contributed by atoms with Crippen LogP contribution in [0.15, 0.2) is 59.4 Å². The van der Waals surface area contributed by atoms with E-state index in [1.54, 1.807) is 48.5 Å². The number of anilines is 1. The summed E-state index contributed by atoms with van der Waals surface area (Å²) < 4.78 is 7.16. The Morgan fingerprint density at radius 1 is 1.19 bits per heavy atom. The minimum Gasteiger partial charge on any atom is -0.487 e. The van der Waals surface area contributed by atoms with Crippen molar-refractivity contribution in [1.82, 2.24) is 14.6 Å². The van der Waals surface area contributed by atoms with Gasteiger partial charge in [-0.3, -0.25) is 9.59 Å². The first kappa shape index (κ1) is 22.0. The lowest BCUT2D eigenvalue weighted by molar-refractivity contribution is 0.102. The smallest absolute Gasteiger partial charge is 0.275 e. The first-order valence-electron chi connectivity index (χ1n) is 10.2. The van der Waals surface area contributed by atoms with Gasteiger partial charge in [0.25, 0.3) is 11.5 Å². The molecule has 2 heterocycles. The zero-order valence-corrected chi connectivity index (χ0v) is 18.9. The summed E-state index contributed by atoms with van der Waals surface area (Å²) in [5.74, 6) is 0.303. The van der Waals surface area contributed by atoms with Crippen LogP contribution in [0, 0.1) is 0 Å². The zero-order valence-electron chi connectivity index (χ0n) is 17.4. The summed E-state index contributed by atoms with van der Waals surface area (Å²) in [6.45, 7) is 2.24. The summed E-state index contributed by atoms with van der Waals surface area (Å²) in [5.41, 5.74) is 1.39. The van der Waals surface area contributed by atoms with Crippen LogP contribution < -0.4 is 15.6 Å². The van der Waals surface area contributed by atoms with Gasteiger partial charge in [-0.15, -0.1) is 0 Å². The molecule has 32 heavy (non-hydrogen) atoms. The predicted molar refractivity (Wildman–Crippen MR) is 126 cm³/mol. The van der Waals surface area contributed by atoms with E-state index in [2.05, 4.69) is 22.3 Å². The number of rotatable bonds is 8. The van der Waals surface area contributed by atoms with Gasteiger partial charge in [0, 0.05) is 34.8 Å². The highest BCUT2D eigenvalue weighted by Gasteiger charge is 2.10. The van der Waals surface area contributed by atoms with Crippen LogP contribution >= 0.6 is 22.9 Å². The zero-order chi connectivity index (χ0) is 22.5. The second kappa shape index (κ2) is 9.93. The number of ether oxygens (including phenoxy) is 1. The van der Waals surface area contributed by atoms with E-state index in [-0.39, 0.29) is 18.1 Å². The molecule has 0 unspecified atom stereocenters. The van der Waals surface area contributed by atoms with Gasteiger partial charge in [-0.1, -0.05) is 42.3 Å². The van der Waals surface area contributed by atoms with E-state index in [0.29, 0.717) is 32.7 Å². The fraction of sp³-hybridized carbons (Fsp3) is 0.217. The van der Waals surface area contributed by atoms with Crippen molar-refractivity contribution in [3.8, 4) is 5.75 Å². The van der Waals surface area contributed by atoms with Crippen LogP contribution in [0.1, 0.15) is 40.8 Å². The van der Waals surface area contributed by atoms with Crippen molar-refractivity contribution >= 4 is 39.5 Å². The summed E-state index contributed by atoms with van der Waals surface area (Å²) in [7, 11) is 0. The second-order valence-electron chi connectivity index (χ2n) is 7.16. The Morgan fingerprint density at radius 3 is 2.78 bits per heavy atom. The van der Waals surface area contributed by atoms with E-state index in [1.807, 2.05) is 0 Å². The summed E-state index contributed by atoms with van der Waals surface area (Å²) in [5, 5.41) is 8.65. The first-order chi connectivity index (χ1) is 15.5. The summed E-state index contributed by atoms with van der Waals surface area (Å²) in [4.78, 5) is 29.9. The number of amides is 1. The van der Waals surface area contributed by atoms with Crippen molar-refractivity contribution in [3.63, 3.8) is 0 Å². The molecular formula is C23H21ClN4O3S. The molecule has 4 aromatic rings. The molecule has 0 aliphatic heterocycles. The molecule has 164 valence electrons. The van der Waals surface area contributed by atoms with Crippen molar-refractivity contribution in [2.75, 3.05) is 5.32 Å². The monoisotopic (exact) mass is 468 g/mol. The number of fused-ring (bicyclic) bond motifs is 1. The molecule has 1 amide bonds. The maximum Gasteiger partial charge on any atom is 0.275 e. The topological polar surface area (TPSA) is 85.6 Å². The molecule has 0 saturated carbocycles. The number of nitrogens with one attached hydrogen (secondary N) is 1. The van der Waals surface area contributed by atoms with Gasteiger partial charge in [0.1, 0.15) is 17.4 Å². The third kappa shape index (κ3) is 5.33. The molecule has 9 heteroatoms. The fourth-order valence-corrected chi connectivity index (χ4v) is 4.11. The van der Waals surface area contributed by atoms with Crippen LogP contribution in [0.4, 0.5) is 5.69 Å². The summed E-state index contributed by atoms with van der Waals surface area (Å²) in [6, 6.07) is 15.1. The molecule has 0 aliphatic carbocycles. The minimum absolute atomic E-state index is 0.127. The number of aryl methyl sites for hydroxylation is 1. The minimum atomic E-state index is -0.247. The van der Waals surface area contributed by atoms with Crippen LogP contribution in [0.5, 0.6) is 5.75 Å². The van der Waals surface area contributed by atoms with Crippen molar-refractivity contribution in [2.45, 2.75) is 32.8 Å². The number of unbranched alkanes of at least 4 members (excludes halogenated alkanes) is 1.